The van der Waals surface area contributed by atoms with E-state index in [1.165, 1.54) is 6.07 Å². The fourth-order valence-electron chi connectivity index (χ4n) is 2.48. The van der Waals surface area contributed by atoms with Gasteiger partial charge in [0.1, 0.15) is 9.22 Å². The number of hydrogen-bond acceptors (Lipinski definition) is 5. The number of halogens is 1. The summed E-state index contributed by atoms with van der Waals surface area (Å²) in [4.78, 5) is 4.67. The average molecular weight is 433 g/mol. The SMILES string of the molecule is O=S(=O)(Nc1ccc(-c2csc(-c3ccccc3)n2)cc1)c1ccc(Cl)s1. The molecular formula is C19H13ClN2O2S3. The number of thiophene rings is 1. The third kappa shape index (κ3) is 4.06. The van der Waals surface area contributed by atoms with Crippen LogP contribution in [0.1, 0.15) is 0 Å². The summed E-state index contributed by atoms with van der Waals surface area (Å²) >= 11 is 8.42. The molecular weight excluding hydrogens is 420 g/mol. The number of sulfonamides is 1. The molecule has 4 aromatic rings. The summed E-state index contributed by atoms with van der Waals surface area (Å²) in [6.07, 6.45) is 0. The maximum absolute atomic E-state index is 12.4. The molecule has 0 aliphatic heterocycles. The minimum Gasteiger partial charge on any atom is -0.279 e. The van der Waals surface area contributed by atoms with E-state index in [1.807, 2.05) is 47.8 Å². The van der Waals surface area contributed by atoms with Crippen molar-refractivity contribution < 1.29 is 8.42 Å². The van der Waals surface area contributed by atoms with E-state index in [1.54, 1.807) is 29.5 Å². The van der Waals surface area contributed by atoms with Crippen LogP contribution < -0.4 is 4.72 Å². The Hall–Kier alpha value is -2.19. The van der Waals surface area contributed by atoms with Crippen LogP contribution in [0.4, 0.5) is 5.69 Å². The second-order valence-corrected chi connectivity index (χ2v) is 10.1. The molecule has 0 unspecified atom stereocenters. The smallest absolute Gasteiger partial charge is 0.271 e. The number of nitrogens with zero attached hydrogens (tertiary/aromatic N) is 1. The summed E-state index contributed by atoms with van der Waals surface area (Å²) in [5, 5.41) is 2.94. The Balaban J connectivity index is 1.54. The first-order chi connectivity index (χ1) is 13.0. The fraction of sp³-hybridized carbons (Fsp3) is 0. The highest BCUT2D eigenvalue weighted by Crippen LogP contribution is 2.30. The zero-order valence-corrected chi connectivity index (χ0v) is 17.0. The normalized spacial score (nSPS) is 11.4. The Bertz CT molecular complexity index is 1170. The number of hydrogen-bond donors (Lipinski definition) is 1. The number of aromatic nitrogens is 1. The van der Waals surface area contributed by atoms with E-state index in [9.17, 15) is 8.42 Å². The van der Waals surface area contributed by atoms with Gasteiger partial charge in [-0.25, -0.2) is 13.4 Å². The van der Waals surface area contributed by atoms with Gasteiger partial charge in [-0.05, 0) is 24.3 Å². The van der Waals surface area contributed by atoms with Crippen LogP contribution in [0.3, 0.4) is 0 Å². The van der Waals surface area contributed by atoms with Gasteiger partial charge in [0, 0.05) is 22.2 Å². The molecule has 0 amide bonds. The van der Waals surface area contributed by atoms with Gasteiger partial charge in [-0.15, -0.1) is 22.7 Å². The van der Waals surface area contributed by atoms with E-state index in [0.29, 0.717) is 10.0 Å². The molecule has 1 N–H and O–H groups in total. The quantitative estimate of drug-likeness (QED) is 0.421. The van der Waals surface area contributed by atoms with Gasteiger partial charge in [0.2, 0.25) is 0 Å². The van der Waals surface area contributed by atoms with Gasteiger partial charge >= 0.3 is 0 Å². The summed E-state index contributed by atoms with van der Waals surface area (Å²) < 4.78 is 27.9. The molecule has 0 spiro atoms. The molecule has 2 heterocycles. The summed E-state index contributed by atoms with van der Waals surface area (Å²) in [5.74, 6) is 0. The van der Waals surface area contributed by atoms with E-state index < -0.39 is 10.0 Å². The molecule has 0 bridgehead atoms. The molecule has 0 atom stereocenters. The number of nitrogens with one attached hydrogen (secondary N) is 1. The minimum atomic E-state index is -3.63. The second kappa shape index (κ2) is 7.44. The van der Waals surface area contributed by atoms with Crippen molar-refractivity contribution in [3.8, 4) is 21.8 Å². The highest BCUT2D eigenvalue weighted by atomic mass is 35.5. The van der Waals surface area contributed by atoms with Crippen molar-refractivity contribution in [1.82, 2.24) is 4.98 Å². The predicted molar refractivity (Wildman–Crippen MR) is 113 cm³/mol. The maximum Gasteiger partial charge on any atom is 0.271 e. The van der Waals surface area contributed by atoms with Crippen molar-refractivity contribution in [2.24, 2.45) is 0 Å². The third-order valence-corrected chi connectivity index (χ3v) is 7.77. The Kier molecular flexibility index (Phi) is 5.01. The van der Waals surface area contributed by atoms with Gasteiger partial charge in [-0.3, -0.25) is 4.72 Å². The van der Waals surface area contributed by atoms with Gasteiger partial charge in [0.05, 0.1) is 10.0 Å². The van der Waals surface area contributed by atoms with E-state index in [4.69, 9.17) is 11.6 Å². The average Bonchev–Trinajstić information content (AvgIpc) is 3.33. The molecule has 27 heavy (non-hydrogen) atoms. The first-order valence-corrected chi connectivity index (χ1v) is 11.5. The Labute approximate surface area is 170 Å². The highest BCUT2D eigenvalue weighted by Gasteiger charge is 2.17. The molecule has 8 heteroatoms. The Morgan fingerprint density at radius 2 is 1.63 bits per heavy atom. The largest absolute Gasteiger partial charge is 0.279 e. The molecule has 0 saturated heterocycles. The number of thiazole rings is 1. The lowest BCUT2D eigenvalue weighted by atomic mass is 10.1. The van der Waals surface area contributed by atoms with Crippen LogP contribution in [0, 0.1) is 0 Å². The number of rotatable bonds is 5. The van der Waals surface area contributed by atoms with Gasteiger partial charge in [-0.2, -0.15) is 0 Å². The third-order valence-electron chi connectivity index (χ3n) is 3.77. The summed E-state index contributed by atoms with van der Waals surface area (Å²) in [6, 6.07) is 20.2. The van der Waals surface area contributed by atoms with Crippen molar-refractivity contribution in [2.75, 3.05) is 4.72 Å². The van der Waals surface area contributed by atoms with Crippen LogP contribution in [0.25, 0.3) is 21.8 Å². The second-order valence-electron chi connectivity index (χ2n) is 5.65. The van der Waals surface area contributed by atoms with Gasteiger partial charge in [0.15, 0.2) is 0 Å². The van der Waals surface area contributed by atoms with Crippen LogP contribution in [-0.4, -0.2) is 13.4 Å². The molecule has 2 aromatic carbocycles. The molecule has 0 radical (unpaired) electrons. The lowest BCUT2D eigenvalue weighted by molar-refractivity contribution is 0.603. The molecule has 136 valence electrons. The standard InChI is InChI=1S/C19H13ClN2O2S3/c20-17-10-11-18(26-17)27(23,24)22-15-8-6-13(7-9-15)16-12-25-19(21-16)14-4-2-1-3-5-14/h1-12,22H. The zero-order chi connectivity index (χ0) is 18.9. The summed E-state index contributed by atoms with van der Waals surface area (Å²) in [5.41, 5.74) is 3.35. The van der Waals surface area contributed by atoms with E-state index >= 15 is 0 Å². The van der Waals surface area contributed by atoms with Crippen LogP contribution in [0.2, 0.25) is 4.34 Å². The molecule has 0 aliphatic carbocycles. The summed E-state index contributed by atoms with van der Waals surface area (Å²) in [7, 11) is -3.63. The topological polar surface area (TPSA) is 59.1 Å². The van der Waals surface area contributed by atoms with Crippen molar-refractivity contribution in [3.05, 3.63) is 76.4 Å². The van der Waals surface area contributed by atoms with E-state index in [0.717, 1.165) is 33.2 Å². The minimum absolute atomic E-state index is 0.184. The van der Waals surface area contributed by atoms with Crippen molar-refractivity contribution in [1.29, 1.82) is 0 Å². The number of anilines is 1. The van der Waals surface area contributed by atoms with Crippen molar-refractivity contribution in [2.45, 2.75) is 4.21 Å². The van der Waals surface area contributed by atoms with Crippen LogP contribution in [-0.2, 0) is 10.0 Å². The summed E-state index contributed by atoms with van der Waals surface area (Å²) in [6.45, 7) is 0. The lowest BCUT2D eigenvalue weighted by Crippen LogP contribution is -2.11. The van der Waals surface area contributed by atoms with Crippen LogP contribution >= 0.6 is 34.3 Å². The lowest BCUT2D eigenvalue weighted by Gasteiger charge is -2.06. The first-order valence-electron chi connectivity index (χ1n) is 7.91. The highest BCUT2D eigenvalue weighted by molar-refractivity contribution is 7.94. The Morgan fingerprint density at radius 3 is 2.30 bits per heavy atom. The fourth-order valence-corrected chi connectivity index (χ4v) is 5.85. The zero-order valence-electron chi connectivity index (χ0n) is 13.8. The van der Waals surface area contributed by atoms with Crippen LogP contribution in [0.5, 0.6) is 0 Å². The molecule has 4 rings (SSSR count). The molecule has 0 fully saturated rings. The van der Waals surface area contributed by atoms with E-state index in [-0.39, 0.29) is 4.21 Å². The Morgan fingerprint density at radius 1 is 0.889 bits per heavy atom. The molecule has 0 aliphatic rings. The molecule has 0 saturated carbocycles. The van der Waals surface area contributed by atoms with E-state index in [2.05, 4.69) is 9.71 Å². The molecule has 4 nitrogen and oxygen atoms in total. The van der Waals surface area contributed by atoms with Gasteiger partial charge in [-0.1, -0.05) is 54.1 Å². The maximum atomic E-state index is 12.4. The molecule has 2 aromatic heterocycles. The van der Waals surface area contributed by atoms with Crippen molar-refractivity contribution >= 4 is 50.0 Å². The van der Waals surface area contributed by atoms with Crippen molar-refractivity contribution in [3.63, 3.8) is 0 Å². The monoisotopic (exact) mass is 432 g/mol. The van der Waals surface area contributed by atoms with Gasteiger partial charge < -0.3 is 0 Å². The van der Waals surface area contributed by atoms with Gasteiger partial charge in [0.25, 0.3) is 10.0 Å². The predicted octanol–water partition coefficient (Wildman–Crippen LogP) is 5.99. The van der Waals surface area contributed by atoms with Crippen LogP contribution in [0.15, 0.2) is 76.3 Å². The first kappa shape index (κ1) is 18.2. The number of benzene rings is 2.